The normalized spacial score (nSPS) is 11.4. The van der Waals surface area contributed by atoms with Crippen molar-refractivity contribution in [1.82, 2.24) is 0 Å². The quantitative estimate of drug-likeness (QED) is 0.673. The molecule has 0 aliphatic rings. The van der Waals surface area contributed by atoms with Crippen molar-refractivity contribution in [3.8, 4) is 0 Å². The molecule has 0 nitrogen and oxygen atoms in total. The van der Waals surface area contributed by atoms with Crippen LogP contribution in [0.5, 0.6) is 0 Å². The first kappa shape index (κ1) is 11.0. The van der Waals surface area contributed by atoms with E-state index in [4.69, 9.17) is 22.5 Å². The lowest BCUT2D eigenvalue weighted by Crippen LogP contribution is -1.92. The smallest absolute Gasteiger partial charge is 0.0842 e. The maximum absolute atomic E-state index is 5.77. The number of hydrogen-bond donors (Lipinski definition) is 0. The summed E-state index contributed by atoms with van der Waals surface area (Å²) in [5.74, 6) is 0. The van der Waals surface area contributed by atoms with Gasteiger partial charge < -0.3 is 0 Å². The van der Waals surface area contributed by atoms with Gasteiger partial charge in [0.05, 0.1) is 0 Å². The highest BCUT2D eigenvalue weighted by Crippen LogP contribution is 2.45. The van der Waals surface area contributed by atoms with Crippen LogP contribution in [0.4, 0.5) is 0 Å². The van der Waals surface area contributed by atoms with E-state index in [1.165, 1.54) is 5.56 Å². The highest BCUT2D eigenvalue weighted by Gasteiger charge is 2.01. The molecule has 0 aliphatic carbocycles. The van der Waals surface area contributed by atoms with Crippen molar-refractivity contribution in [3.63, 3.8) is 0 Å². The summed E-state index contributed by atoms with van der Waals surface area (Å²) in [7, 11) is 0. The molecule has 0 spiro atoms. The molecular formula is C10H11Cl2P. The van der Waals surface area contributed by atoms with Gasteiger partial charge in [0.25, 0.3) is 0 Å². The van der Waals surface area contributed by atoms with Gasteiger partial charge in [-0.05, 0) is 12.0 Å². The first-order chi connectivity index (χ1) is 6.24. The van der Waals surface area contributed by atoms with Gasteiger partial charge in [0.2, 0.25) is 0 Å². The number of allylic oxidation sites excluding steroid dienone is 1. The number of hydrogen-bond acceptors (Lipinski definition) is 0. The molecule has 0 aliphatic heterocycles. The molecule has 1 rings (SSSR count). The molecule has 70 valence electrons. The number of benzene rings is 1. The Hall–Kier alpha value is -0.0300. The largest absolute Gasteiger partial charge is 0.116 e. The van der Waals surface area contributed by atoms with Crippen LogP contribution in [-0.2, 0) is 0 Å². The molecule has 0 amide bonds. The first-order valence-corrected chi connectivity index (χ1v) is 7.27. The second-order valence-electron chi connectivity index (χ2n) is 2.64. The molecule has 0 unspecified atom stereocenters. The van der Waals surface area contributed by atoms with Gasteiger partial charge in [-0.15, -0.1) is 0 Å². The summed E-state index contributed by atoms with van der Waals surface area (Å²) >= 11 is 11.5. The molecule has 0 N–H and O–H groups in total. The molecule has 1 aromatic carbocycles. The first-order valence-electron chi connectivity index (χ1n) is 4.12. The molecule has 0 saturated carbocycles. The zero-order chi connectivity index (χ0) is 9.68. The van der Waals surface area contributed by atoms with E-state index < -0.39 is 6.63 Å². The Morgan fingerprint density at radius 2 is 1.85 bits per heavy atom. The van der Waals surface area contributed by atoms with Gasteiger partial charge in [-0.25, -0.2) is 0 Å². The zero-order valence-corrected chi connectivity index (χ0v) is 9.78. The Bertz CT molecular complexity index is 277. The van der Waals surface area contributed by atoms with Crippen LogP contribution in [0.3, 0.4) is 0 Å². The fourth-order valence-electron chi connectivity index (χ4n) is 0.952. The zero-order valence-electron chi connectivity index (χ0n) is 7.37. The third-order valence-electron chi connectivity index (χ3n) is 1.63. The van der Waals surface area contributed by atoms with Crippen LogP contribution in [-0.4, -0.2) is 0 Å². The average Bonchev–Trinajstić information content (AvgIpc) is 2.15. The molecule has 0 bridgehead atoms. The Morgan fingerprint density at radius 1 is 1.23 bits per heavy atom. The Morgan fingerprint density at radius 3 is 2.31 bits per heavy atom. The van der Waals surface area contributed by atoms with Crippen molar-refractivity contribution in [2.45, 2.75) is 13.3 Å². The molecule has 0 atom stereocenters. The highest BCUT2D eigenvalue weighted by atomic mass is 35.9. The van der Waals surface area contributed by atoms with Crippen molar-refractivity contribution < 1.29 is 0 Å². The third-order valence-corrected chi connectivity index (χ3v) is 3.49. The van der Waals surface area contributed by atoms with Crippen LogP contribution in [0.1, 0.15) is 18.9 Å². The van der Waals surface area contributed by atoms with E-state index in [1.807, 2.05) is 24.3 Å². The fraction of sp³-hybridized carbons (Fsp3) is 0.200. The summed E-state index contributed by atoms with van der Waals surface area (Å²) < 4.78 is 0. The topological polar surface area (TPSA) is 0 Å². The maximum Gasteiger partial charge on any atom is 0.116 e. The lowest BCUT2D eigenvalue weighted by molar-refractivity contribution is 1.23. The van der Waals surface area contributed by atoms with Gasteiger partial charge in [-0.1, -0.05) is 65.8 Å². The summed E-state index contributed by atoms with van der Waals surface area (Å²) in [6.07, 6.45) is 5.27. The van der Waals surface area contributed by atoms with Crippen LogP contribution in [0.25, 0.3) is 6.08 Å². The van der Waals surface area contributed by atoms with Crippen LogP contribution >= 0.6 is 29.1 Å². The molecule has 0 radical (unpaired) electrons. The Balaban J connectivity index is 2.75. The predicted octanol–water partition coefficient (Wildman–Crippen LogP) is 4.52. The van der Waals surface area contributed by atoms with E-state index in [2.05, 4.69) is 19.1 Å². The van der Waals surface area contributed by atoms with Crippen molar-refractivity contribution in [2.75, 3.05) is 0 Å². The summed E-state index contributed by atoms with van der Waals surface area (Å²) in [6, 6.07) is 8.01. The summed E-state index contributed by atoms with van der Waals surface area (Å²) in [6.45, 7) is 1.11. The summed E-state index contributed by atoms with van der Waals surface area (Å²) in [4.78, 5) is 0. The van der Waals surface area contributed by atoms with Crippen molar-refractivity contribution in [2.24, 2.45) is 0 Å². The summed E-state index contributed by atoms with van der Waals surface area (Å²) in [5.41, 5.74) is 1.19. The summed E-state index contributed by atoms with van der Waals surface area (Å²) in [5, 5.41) is 1.01. The van der Waals surface area contributed by atoms with Gasteiger partial charge in [0.1, 0.15) is 6.63 Å². The molecule has 3 heteroatoms. The van der Waals surface area contributed by atoms with E-state index in [-0.39, 0.29) is 0 Å². The lowest BCUT2D eigenvalue weighted by Gasteiger charge is -2.00. The molecule has 0 heterocycles. The monoisotopic (exact) mass is 232 g/mol. The Kier molecular flexibility index (Phi) is 4.80. The van der Waals surface area contributed by atoms with E-state index in [0.29, 0.717) is 0 Å². The van der Waals surface area contributed by atoms with Gasteiger partial charge in [-0.3, -0.25) is 0 Å². The fourth-order valence-corrected chi connectivity index (χ4v) is 2.00. The minimum Gasteiger partial charge on any atom is -0.0842 e. The molecule has 1 aromatic rings. The molecular weight excluding hydrogens is 222 g/mol. The van der Waals surface area contributed by atoms with Crippen LogP contribution in [0, 0.1) is 0 Å². The highest BCUT2D eigenvalue weighted by molar-refractivity contribution is 8.08. The van der Waals surface area contributed by atoms with Crippen molar-refractivity contribution in [3.05, 3.63) is 35.9 Å². The maximum atomic E-state index is 5.77. The van der Waals surface area contributed by atoms with Gasteiger partial charge in [0, 0.05) is 5.30 Å². The van der Waals surface area contributed by atoms with E-state index >= 15 is 0 Å². The third kappa shape index (κ3) is 3.68. The molecule has 0 aromatic heterocycles. The van der Waals surface area contributed by atoms with Crippen molar-refractivity contribution >= 4 is 40.5 Å². The minimum atomic E-state index is -1.00. The molecule has 0 saturated heterocycles. The second kappa shape index (κ2) is 5.65. The minimum absolute atomic E-state index is 1.00. The van der Waals surface area contributed by atoms with Gasteiger partial charge in [0.15, 0.2) is 0 Å². The predicted molar refractivity (Wildman–Crippen MR) is 64.0 cm³/mol. The Labute approximate surface area is 89.9 Å². The van der Waals surface area contributed by atoms with Gasteiger partial charge >= 0.3 is 0 Å². The van der Waals surface area contributed by atoms with E-state index in [0.717, 1.165) is 11.7 Å². The van der Waals surface area contributed by atoms with Crippen LogP contribution < -0.4 is 5.30 Å². The van der Waals surface area contributed by atoms with Crippen LogP contribution in [0.15, 0.2) is 30.3 Å². The lowest BCUT2D eigenvalue weighted by atomic mass is 10.2. The average molecular weight is 233 g/mol. The molecule has 0 fully saturated rings. The SMILES string of the molecule is CCC=Cc1ccc(P(Cl)Cl)cc1. The number of rotatable bonds is 3. The molecule has 13 heavy (non-hydrogen) atoms. The van der Waals surface area contributed by atoms with Gasteiger partial charge in [-0.2, -0.15) is 0 Å². The van der Waals surface area contributed by atoms with E-state index in [1.54, 1.807) is 0 Å². The van der Waals surface area contributed by atoms with Crippen LogP contribution in [0.2, 0.25) is 0 Å². The van der Waals surface area contributed by atoms with E-state index in [9.17, 15) is 0 Å². The second-order valence-corrected chi connectivity index (χ2v) is 6.16. The standard InChI is InChI=1S/C10H11Cl2P/c1-2-3-4-9-5-7-10(8-6-9)13(11)12/h3-8H,2H2,1H3. The van der Waals surface area contributed by atoms with Crippen molar-refractivity contribution in [1.29, 1.82) is 0 Å². The number of halogens is 2.